The summed E-state index contributed by atoms with van der Waals surface area (Å²) in [6.07, 6.45) is 2.55. The third kappa shape index (κ3) is 3.25. The van der Waals surface area contributed by atoms with Gasteiger partial charge in [-0.25, -0.2) is 0 Å². The number of benzene rings is 1. The van der Waals surface area contributed by atoms with Crippen molar-refractivity contribution in [1.29, 1.82) is 0 Å². The lowest BCUT2D eigenvalue weighted by Crippen LogP contribution is -2.25. The molecule has 1 aromatic heterocycles. The van der Waals surface area contributed by atoms with Crippen molar-refractivity contribution < 1.29 is 4.74 Å². The summed E-state index contributed by atoms with van der Waals surface area (Å²) < 4.78 is 5.99. The molecule has 0 radical (unpaired) electrons. The number of hydrogen-bond donors (Lipinski definition) is 1. The van der Waals surface area contributed by atoms with Gasteiger partial charge in [-0.3, -0.25) is 4.98 Å². The molecule has 1 fully saturated rings. The number of aryl methyl sites for hydroxylation is 1. The van der Waals surface area contributed by atoms with Crippen molar-refractivity contribution in [3.8, 4) is 0 Å². The average molecular weight is 284 g/mol. The van der Waals surface area contributed by atoms with E-state index in [9.17, 15) is 0 Å². The molecule has 3 nitrogen and oxygen atoms in total. The molecule has 2 aromatic rings. The topological polar surface area (TPSA) is 34.1 Å². The summed E-state index contributed by atoms with van der Waals surface area (Å²) in [5.41, 5.74) is 3.42. The number of hydrogen-bond acceptors (Lipinski definition) is 3. The molecule has 2 unspecified atom stereocenters. The minimum absolute atomic E-state index is 0.222. The van der Waals surface area contributed by atoms with Crippen molar-refractivity contribution in [3.05, 3.63) is 41.6 Å². The monoisotopic (exact) mass is 284 g/mol. The van der Waals surface area contributed by atoms with Crippen molar-refractivity contribution in [3.63, 3.8) is 0 Å². The van der Waals surface area contributed by atoms with Crippen LogP contribution in [-0.2, 0) is 4.74 Å². The van der Waals surface area contributed by atoms with Crippen LogP contribution in [0.4, 0.5) is 0 Å². The summed E-state index contributed by atoms with van der Waals surface area (Å²) in [4.78, 5) is 4.57. The Balaban J connectivity index is 1.80. The van der Waals surface area contributed by atoms with Crippen LogP contribution in [0.1, 0.15) is 37.1 Å². The fourth-order valence-electron chi connectivity index (χ4n) is 3.10. The molecule has 0 spiro atoms. The van der Waals surface area contributed by atoms with Crippen LogP contribution in [0.15, 0.2) is 30.3 Å². The van der Waals surface area contributed by atoms with Crippen LogP contribution in [0.3, 0.4) is 0 Å². The molecule has 3 rings (SSSR count). The summed E-state index contributed by atoms with van der Waals surface area (Å²) in [6, 6.07) is 10.8. The van der Waals surface area contributed by atoms with Gasteiger partial charge in [-0.1, -0.05) is 19.1 Å². The number of nitrogens with zero attached hydrogens (tertiary/aromatic N) is 1. The van der Waals surface area contributed by atoms with Crippen molar-refractivity contribution in [1.82, 2.24) is 10.3 Å². The van der Waals surface area contributed by atoms with E-state index in [1.807, 2.05) is 6.92 Å². The fourth-order valence-corrected chi connectivity index (χ4v) is 3.10. The van der Waals surface area contributed by atoms with E-state index < -0.39 is 0 Å². The predicted molar refractivity (Wildman–Crippen MR) is 86.4 cm³/mol. The third-order valence-electron chi connectivity index (χ3n) is 4.23. The van der Waals surface area contributed by atoms with E-state index in [0.717, 1.165) is 37.3 Å². The van der Waals surface area contributed by atoms with E-state index in [-0.39, 0.29) is 6.10 Å². The molecule has 112 valence electrons. The minimum Gasteiger partial charge on any atom is -0.373 e. The highest BCUT2D eigenvalue weighted by Crippen LogP contribution is 2.35. The Hall–Kier alpha value is -1.45. The molecule has 1 aromatic carbocycles. The first kappa shape index (κ1) is 14.5. The molecule has 1 saturated heterocycles. The molecule has 1 aliphatic rings. The number of rotatable bonds is 5. The molecule has 0 bridgehead atoms. The Morgan fingerprint density at radius 1 is 1.29 bits per heavy atom. The second-order valence-corrected chi connectivity index (χ2v) is 5.95. The quantitative estimate of drug-likeness (QED) is 0.852. The highest BCUT2D eigenvalue weighted by Gasteiger charge is 2.29. The summed E-state index contributed by atoms with van der Waals surface area (Å²) in [5, 5.41) is 4.73. The zero-order valence-electron chi connectivity index (χ0n) is 12.9. The summed E-state index contributed by atoms with van der Waals surface area (Å²) in [5.74, 6) is 0.576. The second-order valence-electron chi connectivity index (χ2n) is 5.95. The molecule has 3 heteroatoms. The second kappa shape index (κ2) is 6.54. The van der Waals surface area contributed by atoms with E-state index in [1.54, 1.807) is 0 Å². The number of nitrogens with one attached hydrogen (secondary N) is 1. The maximum Gasteiger partial charge on any atom is 0.0866 e. The van der Waals surface area contributed by atoms with Gasteiger partial charge in [0.2, 0.25) is 0 Å². The number of fused-ring (bicyclic) bond motifs is 1. The standard InChI is InChI=1S/C18H24N2O/c1-3-9-19-12-16-8-10-21-18(16)15-6-7-17-14(11-15)5-4-13(2)20-17/h4-7,11,16,18-19H,3,8-10,12H2,1-2H3. The number of pyridine rings is 1. The van der Waals surface area contributed by atoms with E-state index in [4.69, 9.17) is 4.74 Å². The Morgan fingerprint density at radius 2 is 2.19 bits per heavy atom. The Labute approximate surface area is 126 Å². The molecule has 21 heavy (non-hydrogen) atoms. The average Bonchev–Trinajstić information content (AvgIpc) is 2.95. The fraction of sp³-hybridized carbons (Fsp3) is 0.500. The molecule has 0 amide bonds. The van der Waals surface area contributed by atoms with Gasteiger partial charge in [0.15, 0.2) is 0 Å². The number of ether oxygens (including phenoxy) is 1. The summed E-state index contributed by atoms with van der Waals surface area (Å²) in [6.45, 7) is 7.23. The maximum atomic E-state index is 5.99. The summed E-state index contributed by atoms with van der Waals surface area (Å²) >= 11 is 0. The van der Waals surface area contributed by atoms with E-state index in [0.29, 0.717) is 5.92 Å². The molecular formula is C18H24N2O. The van der Waals surface area contributed by atoms with Gasteiger partial charge in [0.05, 0.1) is 11.6 Å². The van der Waals surface area contributed by atoms with Gasteiger partial charge in [0.25, 0.3) is 0 Å². The van der Waals surface area contributed by atoms with Gasteiger partial charge in [-0.2, -0.15) is 0 Å². The molecule has 1 aliphatic heterocycles. The number of aromatic nitrogens is 1. The van der Waals surface area contributed by atoms with Crippen LogP contribution < -0.4 is 5.32 Å². The van der Waals surface area contributed by atoms with Crippen molar-refractivity contribution >= 4 is 10.9 Å². The van der Waals surface area contributed by atoms with E-state index in [1.165, 1.54) is 17.4 Å². The highest BCUT2D eigenvalue weighted by molar-refractivity contribution is 5.79. The smallest absolute Gasteiger partial charge is 0.0866 e. The molecular weight excluding hydrogens is 260 g/mol. The lowest BCUT2D eigenvalue weighted by atomic mass is 9.94. The Kier molecular flexibility index (Phi) is 4.51. The normalized spacial score (nSPS) is 22.0. The lowest BCUT2D eigenvalue weighted by molar-refractivity contribution is 0.0907. The lowest BCUT2D eigenvalue weighted by Gasteiger charge is -2.19. The molecule has 0 saturated carbocycles. The van der Waals surface area contributed by atoms with Gasteiger partial charge < -0.3 is 10.1 Å². The Bertz CT molecular complexity index is 611. The summed E-state index contributed by atoms with van der Waals surface area (Å²) in [7, 11) is 0. The van der Waals surface area contributed by atoms with Crippen molar-refractivity contribution in [2.24, 2.45) is 5.92 Å². The molecule has 2 heterocycles. The maximum absolute atomic E-state index is 5.99. The van der Waals surface area contributed by atoms with Crippen LogP contribution in [-0.4, -0.2) is 24.7 Å². The first-order chi connectivity index (χ1) is 10.3. The first-order valence-corrected chi connectivity index (χ1v) is 7.97. The van der Waals surface area contributed by atoms with E-state index in [2.05, 4.69) is 47.6 Å². The van der Waals surface area contributed by atoms with Crippen LogP contribution in [0.2, 0.25) is 0 Å². The molecule has 2 atom stereocenters. The Morgan fingerprint density at radius 3 is 3.05 bits per heavy atom. The van der Waals surface area contributed by atoms with Gasteiger partial charge in [0, 0.05) is 30.1 Å². The predicted octanol–water partition coefficient (Wildman–Crippen LogP) is 3.62. The van der Waals surface area contributed by atoms with Gasteiger partial charge in [-0.15, -0.1) is 0 Å². The zero-order chi connectivity index (χ0) is 14.7. The SMILES string of the molecule is CCCNCC1CCOC1c1ccc2nc(C)ccc2c1. The molecule has 0 aliphatic carbocycles. The third-order valence-corrected chi connectivity index (χ3v) is 4.23. The van der Waals surface area contributed by atoms with Crippen molar-refractivity contribution in [2.75, 3.05) is 19.7 Å². The first-order valence-electron chi connectivity index (χ1n) is 7.97. The van der Waals surface area contributed by atoms with Gasteiger partial charge in [-0.05, 0) is 50.1 Å². The van der Waals surface area contributed by atoms with Crippen LogP contribution in [0.5, 0.6) is 0 Å². The van der Waals surface area contributed by atoms with Crippen LogP contribution >= 0.6 is 0 Å². The highest BCUT2D eigenvalue weighted by atomic mass is 16.5. The van der Waals surface area contributed by atoms with Crippen LogP contribution in [0, 0.1) is 12.8 Å². The minimum atomic E-state index is 0.222. The van der Waals surface area contributed by atoms with Gasteiger partial charge >= 0.3 is 0 Å². The largest absolute Gasteiger partial charge is 0.373 e. The van der Waals surface area contributed by atoms with Crippen LogP contribution in [0.25, 0.3) is 10.9 Å². The van der Waals surface area contributed by atoms with Crippen molar-refractivity contribution in [2.45, 2.75) is 32.8 Å². The molecule has 1 N–H and O–H groups in total. The zero-order valence-corrected chi connectivity index (χ0v) is 12.9. The van der Waals surface area contributed by atoms with Gasteiger partial charge in [0.1, 0.15) is 0 Å². The van der Waals surface area contributed by atoms with E-state index >= 15 is 0 Å².